The topological polar surface area (TPSA) is 47.7 Å². The second-order valence-electron chi connectivity index (χ2n) is 10.1. The number of rotatable bonds is 3. The van der Waals surface area contributed by atoms with Crippen LogP contribution in [0.2, 0.25) is 0 Å². The van der Waals surface area contributed by atoms with Gasteiger partial charge in [0.25, 0.3) is 0 Å². The van der Waals surface area contributed by atoms with Crippen LogP contribution in [0.5, 0.6) is 0 Å². The summed E-state index contributed by atoms with van der Waals surface area (Å²) < 4.78 is 2.54. The maximum atomic E-state index is 8.37. The Hall–Kier alpha value is -4.25. The summed E-state index contributed by atoms with van der Waals surface area (Å²) in [5, 5.41) is 15.7. The van der Waals surface area contributed by atoms with E-state index in [9.17, 15) is 0 Å². The molecule has 0 aliphatic heterocycles. The van der Waals surface area contributed by atoms with Gasteiger partial charge in [-0.1, -0.05) is 113 Å². The van der Waals surface area contributed by atoms with Gasteiger partial charge in [-0.3, -0.25) is 5.41 Å². The first-order valence-corrected chi connectivity index (χ1v) is 14.6. The third kappa shape index (κ3) is 5.49. The maximum Gasteiger partial charge on any atom is 1.00 e. The molecule has 0 bridgehead atoms. The van der Waals surface area contributed by atoms with E-state index in [1.807, 2.05) is 84.1 Å². The summed E-state index contributed by atoms with van der Waals surface area (Å²) in [6.45, 7) is 0. The predicted molar refractivity (Wildman–Crippen MR) is 180 cm³/mol. The fraction of sp³-hybridized carbons (Fsp3) is 0. The molecule has 1 heterocycles. The summed E-state index contributed by atoms with van der Waals surface area (Å²) in [5.41, 5.74) is 12.5. The minimum atomic E-state index is 0. The van der Waals surface area contributed by atoms with Crippen molar-refractivity contribution in [2.75, 3.05) is 0 Å². The van der Waals surface area contributed by atoms with Crippen molar-refractivity contribution in [3.05, 3.63) is 169 Å². The Labute approximate surface area is 277 Å². The molecule has 43 heavy (non-hydrogen) atoms. The molecule has 7 aromatic carbocycles. The molecule has 8 rings (SSSR count). The summed E-state index contributed by atoms with van der Waals surface area (Å²) in [4.78, 5) is 0. The monoisotopic (exact) mass is 576 g/mol. The number of nitrogens with one attached hydrogen (secondary N) is 2. The van der Waals surface area contributed by atoms with E-state index in [2.05, 4.69) is 72.8 Å². The largest absolute Gasteiger partial charge is 1.00 e. The molecule has 200 valence electrons. The molecule has 0 saturated heterocycles. The number of thiophene rings is 1. The number of fused-ring (bicyclic) bond motifs is 6. The van der Waals surface area contributed by atoms with Crippen LogP contribution in [-0.4, -0.2) is 5.71 Å². The zero-order chi connectivity index (χ0) is 28.5. The van der Waals surface area contributed by atoms with Crippen LogP contribution in [0.1, 0.15) is 11.1 Å². The molecule has 2 nitrogen and oxygen atoms in total. The Kier molecular flexibility index (Phi) is 8.42. The minimum absolute atomic E-state index is 0. The Morgan fingerprint density at radius 2 is 1.23 bits per heavy atom. The molecular weight excluding hydrogens is 552 g/mol. The summed E-state index contributed by atoms with van der Waals surface area (Å²) in [6, 6.07) is 53.6. The van der Waals surface area contributed by atoms with Crippen LogP contribution in [0, 0.1) is 17.5 Å². The smallest absolute Gasteiger partial charge is 0.698 e. The molecule has 1 aromatic heterocycles. The van der Waals surface area contributed by atoms with Crippen molar-refractivity contribution in [2.24, 2.45) is 0 Å². The number of hydrogen-bond acceptors (Lipinski definition) is 2. The molecule has 0 amide bonds. The quantitative estimate of drug-likeness (QED) is 0.125. The third-order valence-electron chi connectivity index (χ3n) is 7.53. The average molecular weight is 577 g/mol. The standard InChI is InChI=1S/C22H12S.C17H13N2.Na/c1-2-8-15(9-3-1)19-14-21-22(17-11-5-4-10-16(17)19)18-12-6-7-13-20(18)23-21;18-16-11-4-3-9-15(16)17(19)14-10-5-7-12-6-1-2-8-13(12)14;/h1-8,10-13H;1-11,18-19H;/q-2;-1;+1. The van der Waals surface area contributed by atoms with Crippen molar-refractivity contribution in [3.63, 3.8) is 0 Å². The van der Waals surface area contributed by atoms with Crippen molar-refractivity contribution in [1.82, 2.24) is 0 Å². The molecule has 0 fully saturated rings. The van der Waals surface area contributed by atoms with Crippen molar-refractivity contribution in [1.29, 1.82) is 5.41 Å². The van der Waals surface area contributed by atoms with Gasteiger partial charge in [-0.05, 0) is 27.8 Å². The first-order valence-electron chi connectivity index (χ1n) is 13.8. The molecule has 0 radical (unpaired) electrons. The molecule has 0 atom stereocenters. The van der Waals surface area contributed by atoms with E-state index < -0.39 is 0 Å². The van der Waals surface area contributed by atoms with Gasteiger partial charge in [0.2, 0.25) is 0 Å². The van der Waals surface area contributed by atoms with Gasteiger partial charge in [0.15, 0.2) is 0 Å². The van der Waals surface area contributed by atoms with Crippen LogP contribution in [-0.2, 0) is 0 Å². The van der Waals surface area contributed by atoms with Crippen molar-refractivity contribution in [3.8, 4) is 11.1 Å². The van der Waals surface area contributed by atoms with Gasteiger partial charge in [0.05, 0.1) is 5.71 Å². The Morgan fingerprint density at radius 3 is 2.02 bits per heavy atom. The minimum Gasteiger partial charge on any atom is -0.698 e. The van der Waals surface area contributed by atoms with E-state index in [0.717, 1.165) is 27.5 Å². The molecule has 2 N–H and O–H groups in total. The van der Waals surface area contributed by atoms with E-state index in [-0.39, 0.29) is 29.6 Å². The van der Waals surface area contributed by atoms with Crippen LogP contribution < -0.4 is 29.6 Å². The zero-order valence-corrected chi connectivity index (χ0v) is 26.5. The molecule has 4 heteroatoms. The Morgan fingerprint density at radius 1 is 0.605 bits per heavy atom. The summed E-state index contributed by atoms with van der Waals surface area (Å²) in [7, 11) is 0. The molecule has 0 unspecified atom stereocenters. The second-order valence-corrected chi connectivity index (χ2v) is 11.1. The second kappa shape index (κ2) is 12.5. The first-order chi connectivity index (χ1) is 20.7. The normalized spacial score (nSPS) is 10.8. The maximum absolute atomic E-state index is 8.37. The van der Waals surface area contributed by atoms with Gasteiger partial charge < -0.3 is 5.73 Å². The van der Waals surface area contributed by atoms with E-state index in [1.54, 1.807) is 6.07 Å². The predicted octanol–water partition coefficient (Wildman–Crippen LogP) is 8.42. The van der Waals surface area contributed by atoms with Crippen LogP contribution in [0.25, 0.3) is 58.6 Å². The Balaban J connectivity index is 0.000000153. The Bertz CT molecular complexity index is 2230. The molecule has 0 spiro atoms. The molecular formula is C39H25N2NaS-2. The first kappa shape index (κ1) is 28.9. The van der Waals surface area contributed by atoms with Crippen molar-refractivity contribution < 1.29 is 29.6 Å². The van der Waals surface area contributed by atoms with Crippen LogP contribution >= 0.6 is 11.3 Å². The van der Waals surface area contributed by atoms with Crippen molar-refractivity contribution >= 4 is 64.5 Å². The van der Waals surface area contributed by atoms with Gasteiger partial charge in [-0.25, -0.2) is 11.1 Å². The molecule has 0 saturated carbocycles. The van der Waals surface area contributed by atoms with Gasteiger partial charge >= 0.3 is 29.6 Å². The fourth-order valence-electron chi connectivity index (χ4n) is 5.55. The molecule has 0 aliphatic carbocycles. The van der Waals surface area contributed by atoms with Gasteiger partial charge in [0, 0.05) is 10.3 Å². The summed E-state index contributed by atoms with van der Waals surface area (Å²) in [6.07, 6.45) is 0. The van der Waals surface area contributed by atoms with Crippen LogP contribution in [0.4, 0.5) is 5.69 Å². The average Bonchev–Trinajstić information content (AvgIpc) is 3.44. The third-order valence-corrected chi connectivity index (χ3v) is 8.62. The van der Waals surface area contributed by atoms with Crippen molar-refractivity contribution in [2.45, 2.75) is 0 Å². The van der Waals surface area contributed by atoms with E-state index in [4.69, 9.17) is 11.1 Å². The van der Waals surface area contributed by atoms with E-state index in [0.29, 0.717) is 17.0 Å². The number of benzene rings is 7. The zero-order valence-electron chi connectivity index (χ0n) is 23.7. The molecule has 0 aliphatic rings. The van der Waals surface area contributed by atoms with Gasteiger partial charge in [0.1, 0.15) is 0 Å². The molecule has 8 aromatic rings. The van der Waals surface area contributed by atoms with E-state index >= 15 is 0 Å². The fourth-order valence-corrected chi connectivity index (χ4v) is 6.67. The van der Waals surface area contributed by atoms with Gasteiger partial charge in [-0.2, -0.15) is 41.7 Å². The SMILES string of the molecule is N=C(c1ccccc1[NH-])c1cccc2ccccc12.[Na+].[c-]1ccccc1-c1[c-]c2sc3ccccc3c2c2ccccc12. The van der Waals surface area contributed by atoms with E-state index in [1.165, 1.54) is 30.9 Å². The number of hydrogen-bond donors (Lipinski definition) is 1. The summed E-state index contributed by atoms with van der Waals surface area (Å²) >= 11 is 1.82. The van der Waals surface area contributed by atoms with Crippen LogP contribution in [0.15, 0.2) is 140 Å². The van der Waals surface area contributed by atoms with Gasteiger partial charge in [-0.15, -0.1) is 28.6 Å². The van der Waals surface area contributed by atoms with Crippen LogP contribution in [0.3, 0.4) is 0 Å². The summed E-state index contributed by atoms with van der Waals surface area (Å²) in [5.74, 6) is 0.